The van der Waals surface area contributed by atoms with Gasteiger partial charge in [0.2, 0.25) is 0 Å². The van der Waals surface area contributed by atoms with Gasteiger partial charge in [-0.05, 0) is 41.0 Å². The van der Waals surface area contributed by atoms with Crippen molar-refractivity contribution >= 4 is 23.7 Å². The van der Waals surface area contributed by atoms with Crippen LogP contribution >= 0.6 is 0 Å². The van der Waals surface area contributed by atoms with Crippen molar-refractivity contribution in [1.29, 1.82) is 0 Å². The highest BCUT2D eigenvalue weighted by Gasteiger charge is 2.44. The lowest BCUT2D eigenvalue weighted by molar-refractivity contribution is -0.924. The van der Waals surface area contributed by atoms with E-state index in [1.807, 2.05) is 48.7 Å². The van der Waals surface area contributed by atoms with Crippen molar-refractivity contribution in [2.24, 2.45) is 4.99 Å². The van der Waals surface area contributed by atoms with Crippen LogP contribution in [0.25, 0.3) is 0 Å². The largest absolute Gasteiger partial charge is 0.461 e. The second-order valence-electron chi connectivity index (χ2n) is 7.62. The number of fused-ring (bicyclic) bond motifs is 2. The molecule has 30 heavy (non-hydrogen) atoms. The molecule has 3 heterocycles. The van der Waals surface area contributed by atoms with E-state index < -0.39 is 6.09 Å². The molecule has 1 unspecified atom stereocenters. The highest BCUT2D eigenvalue weighted by molar-refractivity contribution is 5.89. The van der Waals surface area contributed by atoms with Gasteiger partial charge in [-0.2, -0.15) is 0 Å². The second kappa shape index (κ2) is 7.27. The highest BCUT2D eigenvalue weighted by Crippen LogP contribution is 2.33. The molecule has 7 nitrogen and oxygen atoms in total. The summed E-state index contributed by atoms with van der Waals surface area (Å²) in [5.41, 5.74) is 9.41. The summed E-state index contributed by atoms with van der Waals surface area (Å²) < 4.78 is 0.0479. The third kappa shape index (κ3) is 3.19. The number of carbonyl (C=O) groups is 1. The number of aromatic nitrogens is 1. The van der Waals surface area contributed by atoms with Gasteiger partial charge in [-0.3, -0.25) is 9.98 Å². The van der Waals surface area contributed by atoms with Crippen molar-refractivity contribution in [3.05, 3.63) is 89.2 Å². The quantitative estimate of drug-likeness (QED) is 0.649. The number of nitrogens with one attached hydrogen (secondary N) is 1. The molecule has 0 saturated heterocycles. The molecule has 0 radical (unpaired) electrons. The second-order valence-corrected chi connectivity index (χ2v) is 7.62. The predicted molar refractivity (Wildman–Crippen MR) is 115 cm³/mol. The molecule has 2 aliphatic heterocycles. The monoisotopic (exact) mass is 400 g/mol. The topological polar surface area (TPSA) is 77.8 Å². The van der Waals surface area contributed by atoms with Crippen molar-refractivity contribution in [3.8, 4) is 0 Å². The molecule has 0 fully saturated rings. The fourth-order valence-corrected chi connectivity index (χ4v) is 4.32. The summed E-state index contributed by atoms with van der Waals surface area (Å²) in [6, 6.07) is 17.7. The van der Waals surface area contributed by atoms with Crippen molar-refractivity contribution < 1.29 is 14.6 Å². The molecule has 1 atom stereocenters. The number of carboxylic acid groups (broad SMARTS) is 1. The minimum atomic E-state index is -1.01. The lowest BCUT2D eigenvalue weighted by atomic mass is 10.00. The van der Waals surface area contributed by atoms with Gasteiger partial charge in [-0.25, -0.2) is 10.2 Å². The van der Waals surface area contributed by atoms with E-state index in [1.165, 1.54) is 10.6 Å². The minimum Gasteiger partial charge on any atom is -0.461 e. The molecule has 150 valence electrons. The van der Waals surface area contributed by atoms with Crippen molar-refractivity contribution in [3.63, 3.8) is 0 Å². The zero-order valence-corrected chi connectivity index (χ0v) is 16.4. The van der Waals surface area contributed by atoms with Gasteiger partial charge < -0.3 is 5.11 Å². The standard InChI is InChI=1S/C23H21N5O2/c29-23(30)27(22-6-5-18-14-25-15-20(18)13-22)28(26-21-7-10-24-11-8-21)12-9-17-3-1-2-4-19(17)16-28/h1-8,10-11,13,15H,9,12,14,16H2,(H-,24,26,29,30)/p+1. The molecule has 1 aromatic heterocycles. The summed E-state index contributed by atoms with van der Waals surface area (Å²) in [5.74, 6) is 0. The maximum absolute atomic E-state index is 12.6. The fraction of sp³-hybridized carbons (Fsp3) is 0.174. The first-order chi connectivity index (χ1) is 14.6. The SMILES string of the molecule is O=C(O)N(c1ccc2c(c1)C=NC2)[N+]1(Nc2ccncc2)CCc2ccccc2C1. The van der Waals surface area contributed by atoms with E-state index in [0.717, 1.165) is 28.8 Å². The maximum atomic E-state index is 12.6. The first-order valence-corrected chi connectivity index (χ1v) is 9.93. The van der Waals surface area contributed by atoms with Crippen LogP contribution in [-0.2, 0) is 19.5 Å². The Morgan fingerprint density at radius 1 is 1.03 bits per heavy atom. The molecule has 7 heteroatoms. The molecule has 2 aromatic carbocycles. The molecule has 3 aromatic rings. The first-order valence-electron chi connectivity index (χ1n) is 9.93. The number of hydrogen-bond acceptors (Lipinski definition) is 4. The van der Waals surface area contributed by atoms with E-state index in [-0.39, 0.29) is 4.70 Å². The van der Waals surface area contributed by atoms with Gasteiger partial charge in [0, 0.05) is 30.6 Å². The Hall–Kier alpha value is -3.71. The Balaban J connectivity index is 1.62. The summed E-state index contributed by atoms with van der Waals surface area (Å²) in [7, 11) is 0. The number of amides is 1. The highest BCUT2D eigenvalue weighted by atomic mass is 16.4. The number of anilines is 2. The van der Waals surface area contributed by atoms with E-state index in [4.69, 9.17) is 0 Å². The Morgan fingerprint density at radius 2 is 1.83 bits per heavy atom. The summed E-state index contributed by atoms with van der Waals surface area (Å²) in [6.07, 6.45) is 4.97. The summed E-state index contributed by atoms with van der Waals surface area (Å²) in [5, 5.41) is 11.8. The molecule has 5 rings (SSSR count). The van der Waals surface area contributed by atoms with Gasteiger partial charge in [0.1, 0.15) is 12.2 Å². The van der Waals surface area contributed by atoms with Crippen molar-refractivity contribution in [2.45, 2.75) is 19.5 Å². The van der Waals surface area contributed by atoms with Crippen LogP contribution in [0.3, 0.4) is 0 Å². The zero-order chi connectivity index (χ0) is 20.6. The average molecular weight is 400 g/mol. The van der Waals surface area contributed by atoms with Gasteiger partial charge >= 0.3 is 6.09 Å². The number of pyridine rings is 1. The third-order valence-corrected chi connectivity index (χ3v) is 5.75. The number of rotatable bonds is 4. The first kappa shape index (κ1) is 18.3. The van der Waals surface area contributed by atoms with Crippen LogP contribution in [0.15, 0.2) is 72.0 Å². The van der Waals surface area contributed by atoms with Crippen LogP contribution in [0, 0.1) is 0 Å². The van der Waals surface area contributed by atoms with E-state index in [0.29, 0.717) is 25.3 Å². The van der Waals surface area contributed by atoms with Crippen molar-refractivity contribution in [1.82, 2.24) is 4.98 Å². The average Bonchev–Trinajstić information content (AvgIpc) is 3.22. The number of hydrogen-bond donors (Lipinski definition) is 2. The van der Waals surface area contributed by atoms with E-state index >= 15 is 0 Å². The van der Waals surface area contributed by atoms with Gasteiger partial charge in [0.25, 0.3) is 0 Å². The number of aliphatic imine (C=N–C) groups is 1. The molecule has 2 N–H and O–H groups in total. The summed E-state index contributed by atoms with van der Waals surface area (Å²) in [4.78, 5) is 21.0. The zero-order valence-electron chi connectivity index (χ0n) is 16.4. The van der Waals surface area contributed by atoms with E-state index in [2.05, 4.69) is 27.5 Å². The third-order valence-electron chi connectivity index (χ3n) is 5.75. The van der Waals surface area contributed by atoms with Gasteiger partial charge in [-0.1, -0.05) is 35.3 Å². The fourth-order valence-electron chi connectivity index (χ4n) is 4.32. The predicted octanol–water partition coefficient (Wildman–Crippen LogP) is 4.01. The molecule has 0 aliphatic carbocycles. The molecule has 0 saturated carbocycles. The summed E-state index contributed by atoms with van der Waals surface area (Å²) in [6.45, 7) is 1.75. The molecule has 0 spiro atoms. The molecule has 2 aliphatic rings. The van der Waals surface area contributed by atoms with E-state index in [1.54, 1.807) is 12.4 Å². The molecule has 0 bridgehead atoms. The van der Waals surface area contributed by atoms with Crippen LogP contribution in [0.1, 0.15) is 22.3 Å². The number of benzene rings is 2. The number of nitrogens with zero attached hydrogens (tertiary/aromatic N) is 4. The molecule has 1 amide bonds. The van der Waals surface area contributed by atoms with Crippen LogP contribution in [0.2, 0.25) is 0 Å². The van der Waals surface area contributed by atoms with Gasteiger partial charge in [-0.15, -0.1) is 4.70 Å². The van der Waals surface area contributed by atoms with Crippen LogP contribution in [0.4, 0.5) is 16.2 Å². The summed E-state index contributed by atoms with van der Waals surface area (Å²) >= 11 is 0. The maximum Gasteiger partial charge on any atom is 0.459 e. The Labute approximate surface area is 174 Å². The lowest BCUT2D eigenvalue weighted by Crippen LogP contribution is -2.67. The Morgan fingerprint density at radius 3 is 2.63 bits per heavy atom. The van der Waals surface area contributed by atoms with Crippen LogP contribution in [0.5, 0.6) is 0 Å². The van der Waals surface area contributed by atoms with Gasteiger partial charge in [0.15, 0.2) is 6.54 Å². The molecular weight excluding hydrogens is 378 g/mol. The van der Waals surface area contributed by atoms with Crippen molar-refractivity contribution in [2.75, 3.05) is 17.0 Å². The van der Waals surface area contributed by atoms with Crippen LogP contribution < -0.4 is 10.4 Å². The van der Waals surface area contributed by atoms with Crippen LogP contribution in [-0.4, -0.2) is 33.6 Å². The molecular formula is C23H22N5O2+. The smallest absolute Gasteiger partial charge is 0.459 e. The Kier molecular flexibility index (Phi) is 4.44. The Bertz CT molecular complexity index is 1130. The normalized spacial score (nSPS) is 19.1. The lowest BCUT2D eigenvalue weighted by Gasteiger charge is -2.45. The van der Waals surface area contributed by atoms with Gasteiger partial charge in [0.05, 0.1) is 12.2 Å². The number of quaternary nitrogens is 1. The van der Waals surface area contributed by atoms with E-state index in [9.17, 15) is 9.90 Å². The minimum absolute atomic E-state index is 0.0479.